The van der Waals surface area contributed by atoms with Gasteiger partial charge in [-0.25, -0.2) is 9.98 Å². The molecule has 3 aromatic rings. The minimum atomic E-state index is -0.208. The molecule has 0 bridgehead atoms. The maximum atomic E-state index is 11.6. The number of hydrogen-bond donors (Lipinski definition) is 0. The zero-order valence-corrected chi connectivity index (χ0v) is 15.2. The van der Waals surface area contributed by atoms with Gasteiger partial charge in [-0.1, -0.05) is 13.0 Å². The molecule has 2 aromatic heterocycles. The van der Waals surface area contributed by atoms with Gasteiger partial charge < -0.3 is 9.15 Å². The Morgan fingerprint density at radius 1 is 1.19 bits per heavy atom. The van der Waals surface area contributed by atoms with Crippen LogP contribution < -0.4 is 4.74 Å². The Labute approximate surface area is 156 Å². The summed E-state index contributed by atoms with van der Waals surface area (Å²) in [4.78, 5) is 24.6. The van der Waals surface area contributed by atoms with Gasteiger partial charge in [0.25, 0.3) is 0 Å². The van der Waals surface area contributed by atoms with Gasteiger partial charge in [-0.3, -0.25) is 9.78 Å². The van der Waals surface area contributed by atoms with Crippen LogP contribution in [0.5, 0.6) is 5.75 Å². The number of ether oxygens (including phenoxy) is 1. The van der Waals surface area contributed by atoms with Crippen molar-refractivity contribution in [2.45, 2.75) is 19.8 Å². The van der Waals surface area contributed by atoms with E-state index in [0.717, 1.165) is 35.4 Å². The van der Waals surface area contributed by atoms with E-state index in [1.54, 1.807) is 19.4 Å². The Bertz CT molecular complexity index is 1050. The molecule has 1 aliphatic rings. The first-order valence-corrected chi connectivity index (χ1v) is 8.81. The van der Waals surface area contributed by atoms with E-state index in [0.29, 0.717) is 17.2 Å². The Morgan fingerprint density at radius 2 is 2.07 bits per heavy atom. The van der Waals surface area contributed by atoms with Crippen molar-refractivity contribution in [2.75, 3.05) is 7.11 Å². The molecular formula is C21H19N3O3. The zero-order chi connectivity index (χ0) is 18.8. The van der Waals surface area contributed by atoms with Gasteiger partial charge in [-0.05, 0) is 48.7 Å². The summed E-state index contributed by atoms with van der Waals surface area (Å²) in [5.74, 6) is 0.977. The van der Waals surface area contributed by atoms with Crippen LogP contribution in [0.1, 0.15) is 24.1 Å². The number of oxazole rings is 1. The molecule has 6 nitrogen and oxygen atoms in total. The van der Waals surface area contributed by atoms with E-state index in [9.17, 15) is 4.79 Å². The molecule has 0 saturated heterocycles. The highest BCUT2D eigenvalue weighted by atomic mass is 16.5. The molecule has 0 aliphatic carbocycles. The standard InChI is InChI=1S/C21H19N3O3/c1-13-9-18(23-12-19(13)25)21-24-17-10-14(4-8-20(17)27-21)3-5-15-6-7-16(26-2)11-22-15/h4,6-13H,3,5H2,1-2H3. The normalized spacial score (nSPS) is 16.6. The molecule has 0 saturated carbocycles. The second-order valence-electron chi connectivity index (χ2n) is 6.51. The summed E-state index contributed by atoms with van der Waals surface area (Å²) >= 11 is 0. The van der Waals surface area contributed by atoms with Gasteiger partial charge in [-0.15, -0.1) is 0 Å². The highest BCUT2D eigenvalue weighted by Gasteiger charge is 2.18. The van der Waals surface area contributed by atoms with Gasteiger partial charge in [0.2, 0.25) is 5.89 Å². The quantitative estimate of drug-likeness (QED) is 0.693. The van der Waals surface area contributed by atoms with Crippen LogP contribution in [0.2, 0.25) is 0 Å². The maximum Gasteiger partial charge on any atom is 0.245 e. The highest BCUT2D eigenvalue weighted by molar-refractivity contribution is 6.30. The van der Waals surface area contributed by atoms with E-state index < -0.39 is 0 Å². The number of aliphatic imine (C=N–C) groups is 1. The fraction of sp³-hybridized carbons (Fsp3) is 0.238. The number of benzene rings is 1. The lowest BCUT2D eigenvalue weighted by atomic mass is 10.0. The highest BCUT2D eigenvalue weighted by Crippen LogP contribution is 2.26. The summed E-state index contributed by atoms with van der Waals surface area (Å²) in [6.07, 6.45) is 6.52. The van der Waals surface area contributed by atoms with Gasteiger partial charge in [-0.2, -0.15) is 0 Å². The number of rotatable bonds is 5. The van der Waals surface area contributed by atoms with Crippen molar-refractivity contribution in [1.29, 1.82) is 0 Å². The van der Waals surface area contributed by atoms with Crippen LogP contribution in [0.15, 0.2) is 52.0 Å². The van der Waals surface area contributed by atoms with Crippen molar-refractivity contribution in [3.8, 4) is 5.75 Å². The number of hydrogen-bond acceptors (Lipinski definition) is 6. The first-order chi connectivity index (χ1) is 13.1. The van der Waals surface area contributed by atoms with Crippen LogP contribution in [0.3, 0.4) is 0 Å². The number of carbonyl (C=O) groups is 1. The Morgan fingerprint density at radius 3 is 2.81 bits per heavy atom. The number of aromatic nitrogens is 2. The fourth-order valence-electron chi connectivity index (χ4n) is 2.93. The van der Waals surface area contributed by atoms with Crippen LogP contribution in [-0.2, 0) is 17.6 Å². The molecule has 1 aliphatic heterocycles. The summed E-state index contributed by atoms with van der Waals surface area (Å²) < 4.78 is 10.9. The summed E-state index contributed by atoms with van der Waals surface area (Å²) in [5, 5.41) is 0. The van der Waals surface area contributed by atoms with Crippen LogP contribution in [0.25, 0.3) is 16.8 Å². The number of carbonyl (C=O) groups excluding carboxylic acids is 1. The van der Waals surface area contributed by atoms with Crippen LogP contribution in [0, 0.1) is 5.92 Å². The van der Waals surface area contributed by atoms with Gasteiger partial charge in [0.1, 0.15) is 17.0 Å². The average Bonchev–Trinajstić information content (AvgIpc) is 3.12. The van der Waals surface area contributed by atoms with E-state index in [1.165, 1.54) is 6.21 Å². The Hall–Kier alpha value is -3.28. The second kappa shape index (κ2) is 7.15. The van der Waals surface area contributed by atoms with Crippen molar-refractivity contribution >= 4 is 28.8 Å². The molecule has 1 atom stereocenters. The van der Waals surface area contributed by atoms with Crippen molar-refractivity contribution in [3.63, 3.8) is 0 Å². The van der Waals surface area contributed by atoms with Gasteiger partial charge >= 0.3 is 0 Å². The van der Waals surface area contributed by atoms with Gasteiger partial charge in [0.05, 0.1) is 19.5 Å². The third-order valence-corrected chi connectivity index (χ3v) is 4.56. The minimum absolute atomic E-state index is 0.00992. The molecule has 0 N–H and O–H groups in total. The van der Waals surface area contributed by atoms with Crippen molar-refractivity contribution < 1.29 is 13.9 Å². The molecule has 1 aromatic carbocycles. The number of Topliss-reactive ketones (excluding diaryl/α,β-unsaturated/α-hetero) is 1. The molecule has 27 heavy (non-hydrogen) atoms. The second-order valence-corrected chi connectivity index (χ2v) is 6.51. The predicted octanol–water partition coefficient (Wildman–Crippen LogP) is 3.65. The smallest absolute Gasteiger partial charge is 0.245 e. The molecule has 0 amide bonds. The average molecular weight is 361 g/mol. The lowest BCUT2D eigenvalue weighted by Crippen LogP contribution is -2.13. The van der Waals surface area contributed by atoms with Crippen LogP contribution in [0.4, 0.5) is 0 Å². The fourth-order valence-corrected chi connectivity index (χ4v) is 2.93. The number of allylic oxidation sites excluding steroid dienone is 1. The minimum Gasteiger partial charge on any atom is -0.495 e. The molecule has 0 radical (unpaired) electrons. The summed E-state index contributed by atoms with van der Waals surface area (Å²) in [5.41, 5.74) is 4.26. The number of nitrogens with zero attached hydrogens (tertiary/aromatic N) is 3. The van der Waals surface area contributed by atoms with E-state index in [1.807, 2.05) is 37.3 Å². The van der Waals surface area contributed by atoms with E-state index in [-0.39, 0.29) is 11.7 Å². The van der Waals surface area contributed by atoms with E-state index >= 15 is 0 Å². The van der Waals surface area contributed by atoms with Crippen molar-refractivity contribution in [2.24, 2.45) is 10.9 Å². The SMILES string of the molecule is COc1ccc(CCc2ccc3oc(C4=CC(C)C(=O)C=N4)nc3c2)nc1. The molecule has 0 fully saturated rings. The largest absolute Gasteiger partial charge is 0.495 e. The molecule has 0 spiro atoms. The lowest BCUT2D eigenvalue weighted by molar-refractivity contribution is -0.114. The maximum absolute atomic E-state index is 11.6. The van der Waals surface area contributed by atoms with Gasteiger partial charge in [0, 0.05) is 11.6 Å². The Balaban J connectivity index is 1.51. The number of aryl methyl sites for hydroxylation is 2. The van der Waals surface area contributed by atoms with E-state index in [4.69, 9.17) is 9.15 Å². The van der Waals surface area contributed by atoms with Gasteiger partial charge in [0.15, 0.2) is 11.4 Å². The first kappa shape index (κ1) is 17.1. The summed E-state index contributed by atoms with van der Waals surface area (Å²) in [6, 6.07) is 9.87. The number of ketones is 1. The Kier molecular flexibility index (Phi) is 4.54. The number of pyridine rings is 1. The first-order valence-electron chi connectivity index (χ1n) is 8.81. The third kappa shape index (κ3) is 3.65. The summed E-state index contributed by atoms with van der Waals surface area (Å²) in [7, 11) is 1.63. The molecule has 6 heteroatoms. The van der Waals surface area contributed by atoms with E-state index in [2.05, 4.69) is 15.0 Å². The topological polar surface area (TPSA) is 77.6 Å². The molecule has 3 heterocycles. The van der Waals surface area contributed by atoms with Crippen LogP contribution >= 0.6 is 0 Å². The lowest BCUT2D eigenvalue weighted by Gasteiger charge is -2.07. The number of fused-ring (bicyclic) bond motifs is 1. The molecule has 1 unspecified atom stereocenters. The molecule has 4 rings (SSSR count). The van der Waals surface area contributed by atoms with Crippen LogP contribution in [-0.4, -0.2) is 29.1 Å². The predicted molar refractivity (Wildman–Crippen MR) is 103 cm³/mol. The molecular weight excluding hydrogens is 342 g/mol. The number of methoxy groups -OCH3 is 1. The molecule has 136 valence electrons. The summed E-state index contributed by atoms with van der Waals surface area (Å²) in [6.45, 7) is 1.83. The zero-order valence-electron chi connectivity index (χ0n) is 15.2. The van der Waals surface area contributed by atoms with Crippen molar-refractivity contribution in [1.82, 2.24) is 9.97 Å². The monoisotopic (exact) mass is 361 g/mol. The van der Waals surface area contributed by atoms with Crippen molar-refractivity contribution in [3.05, 3.63) is 59.8 Å². The third-order valence-electron chi connectivity index (χ3n) is 4.56.